The molecule has 0 fully saturated rings. The zero-order valence-corrected chi connectivity index (χ0v) is 16.0. The lowest BCUT2D eigenvalue weighted by molar-refractivity contribution is 0.220. The fourth-order valence-corrected chi connectivity index (χ4v) is 3.03. The Morgan fingerprint density at radius 2 is 1.85 bits per heavy atom. The number of hydrogen-bond donors (Lipinski definition) is 2. The van der Waals surface area contributed by atoms with Crippen LogP contribution in [0.4, 0.5) is 5.69 Å². The molecular weight excluding hydrogens is 324 g/mol. The number of nitrogens with zero attached hydrogens (tertiary/aromatic N) is 2. The number of hydrogen-bond acceptors (Lipinski definition) is 3. The first-order valence-electron chi connectivity index (χ1n) is 9.15. The molecule has 0 aliphatic heterocycles. The molecule has 5 heteroatoms. The highest BCUT2D eigenvalue weighted by Gasteiger charge is 2.16. The number of anilines is 1. The van der Waals surface area contributed by atoms with Gasteiger partial charge in [-0.25, -0.2) is 0 Å². The number of methoxy groups -OCH3 is 1. The lowest BCUT2D eigenvalue weighted by Crippen LogP contribution is -2.39. The highest BCUT2D eigenvalue weighted by molar-refractivity contribution is 5.92. The molecule has 0 saturated carbocycles. The lowest BCUT2D eigenvalue weighted by atomic mass is 10.0. The topological polar surface area (TPSA) is 62.9 Å². The highest BCUT2D eigenvalue weighted by Crippen LogP contribution is 2.16. The van der Waals surface area contributed by atoms with Crippen LogP contribution in [0.3, 0.4) is 0 Å². The SMILES string of the molecule is CCN(CC)C(CN=C(N)Nc1cccc(OC)c1)Cc1ccccc1. The Balaban J connectivity index is 2.04. The number of nitrogens with two attached hydrogens (primary N) is 1. The maximum Gasteiger partial charge on any atom is 0.193 e. The molecule has 0 bridgehead atoms. The second-order valence-electron chi connectivity index (χ2n) is 6.15. The summed E-state index contributed by atoms with van der Waals surface area (Å²) in [4.78, 5) is 7.01. The molecule has 0 spiro atoms. The van der Waals surface area contributed by atoms with Crippen molar-refractivity contribution in [1.29, 1.82) is 0 Å². The van der Waals surface area contributed by atoms with E-state index in [-0.39, 0.29) is 0 Å². The van der Waals surface area contributed by atoms with E-state index in [1.54, 1.807) is 7.11 Å². The van der Waals surface area contributed by atoms with Gasteiger partial charge in [-0.1, -0.05) is 50.2 Å². The van der Waals surface area contributed by atoms with Crippen LogP contribution in [0.1, 0.15) is 19.4 Å². The minimum atomic E-state index is 0.318. The summed E-state index contributed by atoms with van der Waals surface area (Å²) in [5.74, 6) is 1.20. The van der Waals surface area contributed by atoms with Crippen LogP contribution in [0.5, 0.6) is 5.75 Å². The molecule has 26 heavy (non-hydrogen) atoms. The minimum Gasteiger partial charge on any atom is -0.497 e. The first-order valence-corrected chi connectivity index (χ1v) is 9.15. The summed E-state index contributed by atoms with van der Waals surface area (Å²) >= 11 is 0. The van der Waals surface area contributed by atoms with Crippen molar-refractivity contribution in [1.82, 2.24) is 4.90 Å². The van der Waals surface area contributed by atoms with Crippen molar-refractivity contribution in [3.05, 3.63) is 60.2 Å². The fourth-order valence-electron chi connectivity index (χ4n) is 3.03. The van der Waals surface area contributed by atoms with Crippen molar-refractivity contribution in [3.8, 4) is 5.75 Å². The van der Waals surface area contributed by atoms with Gasteiger partial charge in [0, 0.05) is 17.8 Å². The molecular formula is C21H30N4O. The van der Waals surface area contributed by atoms with E-state index < -0.39 is 0 Å². The zero-order valence-electron chi connectivity index (χ0n) is 16.0. The predicted octanol–water partition coefficient (Wildman–Crippen LogP) is 3.37. The first kappa shape index (κ1) is 19.8. The quantitative estimate of drug-likeness (QED) is 0.535. The zero-order chi connectivity index (χ0) is 18.8. The van der Waals surface area contributed by atoms with Crippen molar-refractivity contribution >= 4 is 11.6 Å². The molecule has 0 heterocycles. The average molecular weight is 354 g/mol. The van der Waals surface area contributed by atoms with Gasteiger partial charge in [0.15, 0.2) is 5.96 Å². The lowest BCUT2D eigenvalue weighted by Gasteiger charge is -2.28. The van der Waals surface area contributed by atoms with Crippen molar-refractivity contribution in [2.75, 3.05) is 32.1 Å². The molecule has 140 valence electrons. The Morgan fingerprint density at radius 3 is 2.50 bits per heavy atom. The van der Waals surface area contributed by atoms with E-state index >= 15 is 0 Å². The van der Waals surface area contributed by atoms with E-state index in [9.17, 15) is 0 Å². The number of likely N-dealkylation sites (N-methyl/N-ethyl adjacent to an activating group) is 1. The number of aliphatic imine (C=N–C) groups is 1. The van der Waals surface area contributed by atoms with Crippen LogP contribution >= 0.6 is 0 Å². The molecule has 0 amide bonds. The van der Waals surface area contributed by atoms with Gasteiger partial charge >= 0.3 is 0 Å². The third-order valence-corrected chi connectivity index (χ3v) is 4.46. The van der Waals surface area contributed by atoms with Gasteiger partial charge in [0.1, 0.15) is 5.75 Å². The number of rotatable bonds is 9. The largest absolute Gasteiger partial charge is 0.497 e. The molecule has 3 N–H and O–H groups in total. The third kappa shape index (κ3) is 6.08. The monoisotopic (exact) mass is 354 g/mol. The Hall–Kier alpha value is -2.53. The van der Waals surface area contributed by atoms with Crippen molar-refractivity contribution in [3.63, 3.8) is 0 Å². The van der Waals surface area contributed by atoms with Gasteiger partial charge in [-0.05, 0) is 37.2 Å². The maximum absolute atomic E-state index is 6.10. The summed E-state index contributed by atoms with van der Waals surface area (Å²) < 4.78 is 5.23. The van der Waals surface area contributed by atoms with Gasteiger partial charge in [0.05, 0.1) is 13.7 Å². The maximum atomic E-state index is 6.10. The minimum absolute atomic E-state index is 0.318. The molecule has 0 aliphatic rings. The molecule has 0 saturated heterocycles. The van der Waals surface area contributed by atoms with Crippen LogP contribution in [-0.2, 0) is 6.42 Å². The molecule has 2 rings (SSSR count). The Labute approximate surface area is 156 Å². The van der Waals surface area contributed by atoms with Crippen LogP contribution in [0.25, 0.3) is 0 Å². The van der Waals surface area contributed by atoms with E-state index in [0.717, 1.165) is 30.9 Å². The van der Waals surface area contributed by atoms with Gasteiger partial charge in [-0.15, -0.1) is 0 Å². The Bertz CT molecular complexity index is 683. The van der Waals surface area contributed by atoms with Crippen molar-refractivity contribution in [2.24, 2.45) is 10.7 Å². The third-order valence-electron chi connectivity index (χ3n) is 4.46. The van der Waals surface area contributed by atoms with E-state index in [4.69, 9.17) is 10.5 Å². The number of guanidine groups is 1. The number of benzene rings is 2. The van der Waals surface area contributed by atoms with Crippen LogP contribution in [0.15, 0.2) is 59.6 Å². The van der Waals surface area contributed by atoms with Crippen LogP contribution in [0.2, 0.25) is 0 Å². The summed E-state index contributed by atoms with van der Waals surface area (Å²) in [5, 5.41) is 3.14. The van der Waals surface area contributed by atoms with Crippen molar-refractivity contribution in [2.45, 2.75) is 26.3 Å². The second-order valence-corrected chi connectivity index (χ2v) is 6.15. The predicted molar refractivity (Wildman–Crippen MR) is 110 cm³/mol. The normalized spacial score (nSPS) is 12.8. The summed E-state index contributed by atoms with van der Waals surface area (Å²) in [7, 11) is 1.65. The number of ether oxygens (including phenoxy) is 1. The first-order chi connectivity index (χ1) is 12.7. The standard InChI is InChI=1S/C21H30N4O/c1-4-25(5-2)19(14-17-10-7-6-8-11-17)16-23-21(22)24-18-12-9-13-20(15-18)26-3/h6-13,15,19H,4-5,14,16H2,1-3H3,(H3,22,23,24). The van der Waals surface area contributed by atoms with Gasteiger partial charge in [0.2, 0.25) is 0 Å². The van der Waals surface area contributed by atoms with Gasteiger partial charge in [-0.3, -0.25) is 9.89 Å². The van der Waals surface area contributed by atoms with E-state index in [2.05, 4.69) is 53.3 Å². The van der Waals surface area contributed by atoms with Gasteiger partial charge < -0.3 is 15.8 Å². The Morgan fingerprint density at radius 1 is 1.12 bits per heavy atom. The second kappa shape index (κ2) is 10.5. The highest BCUT2D eigenvalue weighted by atomic mass is 16.5. The summed E-state index contributed by atoms with van der Waals surface area (Å²) in [6, 6.07) is 18.5. The summed E-state index contributed by atoms with van der Waals surface area (Å²) in [6.45, 7) is 7.00. The molecule has 0 radical (unpaired) electrons. The van der Waals surface area contributed by atoms with E-state index in [0.29, 0.717) is 18.5 Å². The molecule has 2 aromatic carbocycles. The smallest absolute Gasteiger partial charge is 0.193 e. The van der Waals surface area contributed by atoms with Gasteiger partial charge in [0.25, 0.3) is 0 Å². The van der Waals surface area contributed by atoms with Crippen LogP contribution in [0, 0.1) is 0 Å². The van der Waals surface area contributed by atoms with E-state index in [1.165, 1.54) is 5.56 Å². The number of nitrogens with one attached hydrogen (secondary N) is 1. The molecule has 0 aliphatic carbocycles. The van der Waals surface area contributed by atoms with E-state index in [1.807, 2.05) is 30.3 Å². The fraction of sp³-hybridized carbons (Fsp3) is 0.381. The Kier molecular flexibility index (Phi) is 7.96. The van der Waals surface area contributed by atoms with Crippen LogP contribution < -0.4 is 15.8 Å². The summed E-state index contributed by atoms with van der Waals surface area (Å²) in [6.07, 6.45) is 0.957. The molecule has 1 atom stereocenters. The van der Waals surface area contributed by atoms with Gasteiger partial charge in [-0.2, -0.15) is 0 Å². The average Bonchev–Trinajstić information content (AvgIpc) is 2.67. The molecule has 1 unspecified atom stereocenters. The molecule has 5 nitrogen and oxygen atoms in total. The summed E-state index contributed by atoms with van der Waals surface area (Å²) in [5.41, 5.74) is 8.29. The van der Waals surface area contributed by atoms with Crippen molar-refractivity contribution < 1.29 is 4.74 Å². The molecule has 0 aromatic heterocycles. The van der Waals surface area contributed by atoms with Crippen LogP contribution in [-0.4, -0.2) is 43.6 Å². The molecule has 2 aromatic rings.